The van der Waals surface area contributed by atoms with Crippen LogP contribution in [0.4, 0.5) is 18.3 Å². The van der Waals surface area contributed by atoms with Crippen LogP contribution in [0.3, 0.4) is 0 Å². The van der Waals surface area contributed by atoms with Gasteiger partial charge in [0.15, 0.2) is 0 Å². The van der Waals surface area contributed by atoms with Crippen molar-refractivity contribution in [3.05, 3.63) is 28.8 Å². The molecule has 0 unspecified atom stereocenters. The van der Waals surface area contributed by atoms with E-state index < -0.39 is 26.8 Å². The molecule has 1 N–H and O–H groups in total. The maximum absolute atomic E-state index is 12.3. The molecule has 0 saturated carbocycles. The molecule has 0 atom stereocenters. The number of rotatable bonds is 3. The van der Waals surface area contributed by atoms with Crippen LogP contribution in [0.5, 0.6) is 0 Å². The van der Waals surface area contributed by atoms with Gasteiger partial charge in [0.05, 0.1) is 0 Å². The van der Waals surface area contributed by atoms with Crippen LogP contribution in [0.2, 0.25) is 0 Å². The Morgan fingerprint density at radius 1 is 1.30 bits per heavy atom. The summed E-state index contributed by atoms with van der Waals surface area (Å²) in [6.07, 6.45) is -4.00. The Labute approximate surface area is 123 Å². The van der Waals surface area contributed by atoms with Crippen LogP contribution < -0.4 is 4.72 Å². The van der Waals surface area contributed by atoms with Crippen LogP contribution in [-0.4, -0.2) is 22.8 Å². The van der Waals surface area contributed by atoms with Crippen LogP contribution in [-0.2, 0) is 16.2 Å². The number of anilines is 1. The topological polar surface area (TPSA) is 84.8 Å². The quantitative estimate of drug-likeness (QED) is 0.872. The number of nitrogens with one attached hydrogen (secondary N) is 1. The van der Waals surface area contributed by atoms with Crippen molar-refractivity contribution in [3.8, 4) is 0 Å². The maximum Gasteiger partial charge on any atom is 0.433 e. The van der Waals surface area contributed by atoms with E-state index in [1.807, 2.05) is 0 Å². The molecule has 0 aliphatic rings. The molecule has 0 spiro atoms. The van der Waals surface area contributed by atoms with Crippen molar-refractivity contribution in [2.75, 3.05) is 4.72 Å². The van der Waals surface area contributed by atoms with Crippen molar-refractivity contribution < 1.29 is 21.6 Å². The summed E-state index contributed by atoms with van der Waals surface area (Å²) in [4.78, 5) is 6.38. The third-order valence-corrected chi connectivity index (χ3v) is 4.63. The number of nitrogens with zero attached hydrogens (tertiary/aromatic N) is 3. The second-order valence-electron chi connectivity index (χ2n) is 3.35. The summed E-state index contributed by atoms with van der Waals surface area (Å²) in [5, 5.41) is -0.0169. The minimum absolute atomic E-state index is 0.0169. The fourth-order valence-electron chi connectivity index (χ4n) is 1.13. The lowest BCUT2D eigenvalue weighted by Crippen LogP contribution is -2.14. The molecule has 12 heteroatoms. The van der Waals surface area contributed by atoms with E-state index in [0.29, 0.717) is 12.3 Å². The van der Waals surface area contributed by atoms with Crippen molar-refractivity contribution >= 4 is 42.6 Å². The van der Waals surface area contributed by atoms with Gasteiger partial charge in [-0.15, -0.1) is 0 Å². The zero-order chi connectivity index (χ0) is 15.0. The molecular formula is C8H4BrF3N4O2S2. The van der Waals surface area contributed by atoms with Crippen LogP contribution >= 0.6 is 27.5 Å². The Kier molecular flexibility index (Phi) is 3.97. The Bertz CT molecular complexity index is 714. The summed E-state index contributed by atoms with van der Waals surface area (Å²) in [6.45, 7) is 0. The lowest BCUT2D eigenvalue weighted by molar-refractivity contribution is -0.141. The summed E-state index contributed by atoms with van der Waals surface area (Å²) in [5.41, 5.74) is -1.17. The number of aromatic nitrogens is 3. The summed E-state index contributed by atoms with van der Waals surface area (Å²) in [7, 11) is -4.06. The normalized spacial score (nSPS) is 12.4. The lowest BCUT2D eigenvalue weighted by atomic mass is 10.3. The van der Waals surface area contributed by atoms with Crippen LogP contribution in [0.25, 0.3) is 0 Å². The first-order chi connectivity index (χ1) is 9.18. The van der Waals surface area contributed by atoms with Crippen molar-refractivity contribution in [2.24, 2.45) is 0 Å². The zero-order valence-electron chi connectivity index (χ0n) is 9.22. The van der Waals surface area contributed by atoms with E-state index in [1.165, 1.54) is 0 Å². The van der Waals surface area contributed by atoms with Gasteiger partial charge >= 0.3 is 6.18 Å². The van der Waals surface area contributed by atoms with Crippen LogP contribution in [0.15, 0.2) is 28.0 Å². The first kappa shape index (κ1) is 15.1. The number of hydrogen-bond donors (Lipinski definition) is 1. The molecule has 0 aliphatic heterocycles. The summed E-state index contributed by atoms with van der Waals surface area (Å²) in [5.74, 6) is 0. The van der Waals surface area contributed by atoms with Gasteiger partial charge in [-0.1, -0.05) is 0 Å². The van der Waals surface area contributed by atoms with Gasteiger partial charge in [0, 0.05) is 17.7 Å². The number of alkyl halides is 3. The van der Waals surface area contributed by atoms with Gasteiger partial charge in [0.2, 0.25) is 9.87 Å². The number of sulfonamides is 1. The highest BCUT2D eigenvalue weighted by Crippen LogP contribution is 2.28. The first-order valence-electron chi connectivity index (χ1n) is 4.74. The maximum atomic E-state index is 12.3. The molecule has 0 radical (unpaired) electrons. The smallest absolute Gasteiger partial charge is 0.253 e. The molecule has 0 aliphatic carbocycles. The zero-order valence-corrected chi connectivity index (χ0v) is 12.4. The molecule has 0 saturated heterocycles. The molecule has 0 fully saturated rings. The SMILES string of the molecule is O=S(=O)(Nc1nc(Br)ns1)c1ccc(C(F)(F)F)nc1. The fourth-order valence-corrected chi connectivity index (χ4v) is 3.28. The fraction of sp³-hybridized carbons (Fsp3) is 0.125. The van der Waals surface area contributed by atoms with E-state index in [2.05, 4.69) is 35.0 Å². The molecule has 108 valence electrons. The minimum Gasteiger partial charge on any atom is -0.253 e. The third-order valence-electron chi connectivity index (χ3n) is 1.96. The second-order valence-corrected chi connectivity index (χ2v) is 6.49. The Morgan fingerprint density at radius 2 is 2.00 bits per heavy atom. The minimum atomic E-state index is -4.63. The standard InChI is InChI=1S/C8H4BrF3N4O2S2/c9-6-14-7(19-15-6)16-20(17,18)4-1-2-5(13-3-4)8(10,11)12/h1-3H,(H,14,15,16). The van der Waals surface area contributed by atoms with E-state index in [-0.39, 0.29) is 9.87 Å². The molecule has 2 heterocycles. The van der Waals surface area contributed by atoms with E-state index in [9.17, 15) is 21.6 Å². The predicted molar refractivity (Wildman–Crippen MR) is 67.7 cm³/mol. The van der Waals surface area contributed by atoms with E-state index >= 15 is 0 Å². The third kappa shape index (κ3) is 3.43. The molecule has 2 aromatic heterocycles. The number of halogens is 4. The Morgan fingerprint density at radius 3 is 2.45 bits per heavy atom. The van der Waals surface area contributed by atoms with Crippen molar-refractivity contribution in [1.29, 1.82) is 0 Å². The van der Waals surface area contributed by atoms with Crippen molar-refractivity contribution in [2.45, 2.75) is 11.1 Å². The van der Waals surface area contributed by atoms with E-state index in [0.717, 1.165) is 17.6 Å². The van der Waals surface area contributed by atoms with Gasteiger partial charge in [-0.2, -0.15) is 22.5 Å². The largest absolute Gasteiger partial charge is 0.433 e. The number of hydrogen-bond acceptors (Lipinski definition) is 6. The molecule has 2 aromatic rings. The van der Waals surface area contributed by atoms with Gasteiger partial charge in [0.1, 0.15) is 10.6 Å². The molecular weight excluding hydrogens is 385 g/mol. The van der Waals surface area contributed by atoms with Crippen LogP contribution in [0, 0.1) is 0 Å². The van der Waals surface area contributed by atoms with E-state index in [4.69, 9.17) is 0 Å². The molecule has 0 bridgehead atoms. The van der Waals surface area contributed by atoms with Gasteiger partial charge in [0.25, 0.3) is 10.0 Å². The monoisotopic (exact) mass is 388 g/mol. The highest BCUT2D eigenvalue weighted by atomic mass is 79.9. The Balaban J connectivity index is 2.26. The van der Waals surface area contributed by atoms with Gasteiger partial charge < -0.3 is 0 Å². The lowest BCUT2D eigenvalue weighted by Gasteiger charge is -2.07. The molecule has 2 rings (SSSR count). The first-order valence-corrected chi connectivity index (χ1v) is 7.79. The van der Waals surface area contributed by atoms with Gasteiger partial charge in [-0.3, -0.25) is 9.71 Å². The molecule has 6 nitrogen and oxygen atoms in total. The van der Waals surface area contributed by atoms with Crippen molar-refractivity contribution in [3.63, 3.8) is 0 Å². The molecule has 0 amide bonds. The molecule has 20 heavy (non-hydrogen) atoms. The highest BCUT2D eigenvalue weighted by molar-refractivity contribution is 9.10. The van der Waals surface area contributed by atoms with E-state index in [1.54, 1.807) is 0 Å². The summed E-state index contributed by atoms with van der Waals surface area (Å²) in [6, 6.07) is 1.40. The van der Waals surface area contributed by atoms with Gasteiger partial charge in [-0.25, -0.2) is 8.42 Å². The summed E-state index contributed by atoms with van der Waals surface area (Å²) >= 11 is 3.72. The predicted octanol–water partition coefficient (Wildman–Crippen LogP) is 2.52. The van der Waals surface area contributed by atoms with Gasteiger partial charge in [-0.05, 0) is 28.1 Å². The van der Waals surface area contributed by atoms with Crippen LogP contribution in [0.1, 0.15) is 5.69 Å². The Hall–Kier alpha value is -1.27. The molecule has 0 aromatic carbocycles. The average Bonchev–Trinajstić information content (AvgIpc) is 2.73. The average molecular weight is 389 g/mol. The summed E-state index contributed by atoms with van der Waals surface area (Å²) < 4.78 is 66.7. The highest BCUT2D eigenvalue weighted by Gasteiger charge is 2.32. The number of pyridine rings is 1. The van der Waals surface area contributed by atoms with Crippen molar-refractivity contribution in [1.82, 2.24) is 14.3 Å². The second kappa shape index (κ2) is 5.26.